The highest BCUT2D eigenvalue weighted by atomic mass is 32.1. The van der Waals surface area contributed by atoms with Crippen LogP contribution in [0.2, 0.25) is 0 Å². The van der Waals surface area contributed by atoms with E-state index in [2.05, 4.69) is 21.4 Å². The monoisotopic (exact) mass is 435 g/mol. The standard InChI is InChI=1S/C24H22FN3O2S/c25-18-7-5-17(6-8-18)21-11-9-19(30-21)10-12-23(29)27-13-15-28(16-14-27)24-20-3-1-2-4-22(20)31-26-24/h1-9,11H,10,12-16H2. The zero-order chi connectivity index (χ0) is 21.2. The number of furan rings is 1. The zero-order valence-corrected chi connectivity index (χ0v) is 17.8. The molecule has 0 aliphatic carbocycles. The molecule has 1 fully saturated rings. The lowest BCUT2D eigenvalue weighted by Gasteiger charge is -2.35. The van der Waals surface area contributed by atoms with Crippen LogP contribution in [-0.4, -0.2) is 41.4 Å². The van der Waals surface area contributed by atoms with Crippen LogP contribution in [0.5, 0.6) is 0 Å². The van der Waals surface area contributed by atoms with Crippen LogP contribution < -0.4 is 4.90 Å². The summed E-state index contributed by atoms with van der Waals surface area (Å²) in [7, 11) is 0. The molecule has 31 heavy (non-hydrogen) atoms. The zero-order valence-electron chi connectivity index (χ0n) is 17.0. The summed E-state index contributed by atoms with van der Waals surface area (Å²) >= 11 is 1.52. The van der Waals surface area contributed by atoms with E-state index in [4.69, 9.17) is 4.42 Å². The average Bonchev–Trinajstić information content (AvgIpc) is 3.45. The Morgan fingerprint density at radius 2 is 1.77 bits per heavy atom. The van der Waals surface area contributed by atoms with E-state index in [-0.39, 0.29) is 11.7 Å². The minimum atomic E-state index is -0.274. The first-order valence-electron chi connectivity index (χ1n) is 10.4. The molecule has 0 saturated carbocycles. The molecule has 1 amide bonds. The van der Waals surface area contributed by atoms with Crippen molar-refractivity contribution in [2.45, 2.75) is 12.8 Å². The molecule has 0 atom stereocenters. The molecule has 1 aliphatic heterocycles. The molecule has 0 spiro atoms. The second-order valence-electron chi connectivity index (χ2n) is 7.64. The van der Waals surface area contributed by atoms with Crippen molar-refractivity contribution >= 4 is 33.3 Å². The van der Waals surface area contributed by atoms with Crippen molar-refractivity contribution in [3.05, 3.63) is 72.2 Å². The summed E-state index contributed by atoms with van der Waals surface area (Å²) in [4.78, 5) is 16.9. The molecule has 0 radical (unpaired) electrons. The van der Waals surface area contributed by atoms with Crippen LogP contribution in [0.25, 0.3) is 21.4 Å². The number of carbonyl (C=O) groups is 1. The van der Waals surface area contributed by atoms with Crippen molar-refractivity contribution in [2.75, 3.05) is 31.1 Å². The molecule has 5 rings (SSSR count). The third-order valence-electron chi connectivity index (χ3n) is 5.67. The van der Waals surface area contributed by atoms with Gasteiger partial charge in [0.15, 0.2) is 0 Å². The summed E-state index contributed by atoms with van der Waals surface area (Å²) in [5.74, 6) is 2.34. The first-order chi connectivity index (χ1) is 15.2. The van der Waals surface area contributed by atoms with E-state index in [1.807, 2.05) is 29.2 Å². The predicted octanol–water partition coefficient (Wildman–Crippen LogP) is 4.98. The van der Waals surface area contributed by atoms with Crippen molar-refractivity contribution in [1.29, 1.82) is 0 Å². The Bertz CT molecular complexity index is 1190. The molecule has 3 heterocycles. The fourth-order valence-electron chi connectivity index (χ4n) is 3.94. The average molecular weight is 436 g/mol. The summed E-state index contributed by atoms with van der Waals surface area (Å²) in [5, 5.41) is 1.18. The van der Waals surface area contributed by atoms with Gasteiger partial charge in [-0.1, -0.05) is 12.1 Å². The number of halogens is 1. The van der Waals surface area contributed by atoms with Crippen LogP contribution in [0.15, 0.2) is 65.1 Å². The van der Waals surface area contributed by atoms with Crippen LogP contribution in [0.3, 0.4) is 0 Å². The molecule has 0 unspecified atom stereocenters. The lowest BCUT2D eigenvalue weighted by atomic mass is 10.2. The predicted molar refractivity (Wildman–Crippen MR) is 121 cm³/mol. The van der Waals surface area contributed by atoms with E-state index in [1.54, 1.807) is 12.1 Å². The van der Waals surface area contributed by atoms with E-state index < -0.39 is 0 Å². The molecule has 1 aliphatic rings. The Labute approximate surface area is 183 Å². The first kappa shape index (κ1) is 19.8. The Morgan fingerprint density at radius 1 is 1.00 bits per heavy atom. The van der Waals surface area contributed by atoms with Crippen LogP contribution in [0.1, 0.15) is 12.2 Å². The van der Waals surface area contributed by atoms with Gasteiger partial charge in [-0.15, -0.1) is 0 Å². The quantitative estimate of drug-likeness (QED) is 0.444. The Morgan fingerprint density at radius 3 is 2.58 bits per heavy atom. The molecule has 158 valence electrons. The number of hydrogen-bond donors (Lipinski definition) is 0. The highest BCUT2D eigenvalue weighted by molar-refractivity contribution is 7.13. The van der Waals surface area contributed by atoms with Gasteiger partial charge in [0.25, 0.3) is 0 Å². The lowest BCUT2D eigenvalue weighted by Crippen LogP contribution is -2.49. The number of nitrogens with zero attached hydrogens (tertiary/aromatic N) is 3. The van der Waals surface area contributed by atoms with Crippen LogP contribution in [-0.2, 0) is 11.2 Å². The molecule has 0 bridgehead atoms. The van der Waals surface area contributed by atoms with Gasteiger partial charge in [-0.25, -0.2) is 4.39 Å². The van der Waals surface area contributed by atoms with Gasteiger partial charge in [-0.05, 0) is 60.1 Å². The summed E-state index contributed by atoms with van der Waals surface area (Å²) in [6.07, 6.45) is 0.965. The van der Waals surface area contributed by atoms with E-state index in [9.17, 15) is 9.18 Å². The second kappa shape index (κ2) is 8.51. The van der Waals surface area contributed by atoms with Gasteiger partial charge in [0.1, 0.15) is 23.2 Å². The number of aromatic nitrogens is 1. The lowest BCUT2D eigenvalue weighted by molar-refractivity contribution is -0.131. The fourth-order valence-corrected chi connectivity index (χ4v) is 4.73. The maximum Gasteiger partial charge on any atom is 0.223 e. The van der Waals surface area contributed by atoms with E-state index in [0.717, 1.165) is 30.2 Å². The molecule has 2 aromatic carbocycles. The van der Waals surface area contributed by atoms with Gasteiger partial charge in [-0.3, -0.25) is 4.79 Å². The number of carbonyl (C=O) groups excluding carboxylic acids is 1. The third-order valence-corrected chi connectivity index (χ3v) is 6.48. The molecule has 5 nitrogen and oxygen atoms in total. The van der Waals surface area contributed by atoms with Gasteiger partial charge in [0.2, 0.25) is 5.91 Å². The fraction of sp³-hybridized carbons (Fsp3) is 0.250. The third kappa shape index (κ3) is 4.18. The van der Waals surface area contributed by atoms with Crippen molar-refractivity contribution < 1.29 is 13.6 Å². The Hall–Kier alpha value is -3.19. The SMILES string of the molecule is O=C(CCc1ccc(-c2ccc(F)cc2)o1)N1CCN(c2nsc3ccccc23)CC1. The van der Waals surface area contributed by atoms with Crippen molar-refractivity contribution in [2.24, 2.45) is 0 Å². The van der Waals surface area contributed by atoms with Crippen LogP contribution in [0.4, 0.5) is 10.2 Å². The van der Waals surface area contributed by atoms with Crippen LogP contribution in [0, 0.1) is 5.82 Å². The smallest absolute Gasteiger partial charge is 0.223 e. The maximum atomic E-state index is 13.1. The second-order valence-corrected chi connectivity index (χ2v) is 8.45. The van der Waals surface area contributed by atoms with Gasteiger partial charge >= 0.3 is 0 Å². The number of anilines is 1. The summed E-state index contributed by atoms with van der Waals surface area (Å²) in [6.45, 7) is 2.97. The van der Waals surface area contributed by atoms with Crippen molar-refractivity contribution in [1.82, 2.24) is 9.27 Å². The minimum Gasteiger partial charge on any atom is -0.461 e. The molecule has 7 heteroatoms. The minimum absolute atomic E-state index is 0.141. The van der Waals surface area contributed by atoms with E-state index in [1.165, 1.54) is 33.8 Å². The number of rotatable bonds is 5. The summed E-state index contributed by atoms with van der Waals surface area (Å²) in [5.41, 5.74) is 0.824. The number of benzene rings is 2. The number of amides is 1. The Balaban J connectivity index is 1.15. The number of piperazine rings is 1. The van der Waals surface area contributed by atoms with Gasteiger partial charge in [-0.2, -0.15) is 4.37 Å². The summed E-state index contributed by atoms with van der Waals surface area (Å²) < 4.78 is 24.8. The molecule has 1 saturated heterocycles. The molecular weight excluding hydrogens is 413 g/mol. The van der Waals surface area contributed by atoms with E-state index >= 15 is 0 Å². The molecular formula is C24H22FN3O2S. The highest BCUT2D eigenvalue weighted by Crippen LogP contribution is 2.30. The van der Waals surface area contributed by atoms with Crippen LogP contribution >= 0.6 is 11.5 Å². The topological polar surface area (TPSA) is 49.6 Å². The number of fused-ring (bicyclic) bond motifs is 1. The summed E-state index contributed by atoms with van der Waals surface area (Å²) in [6, 6.07) is 18.2. The molecule has 0 N–H and O–H groups in total. The van der Waals surface area contributed by atoms with Crippen molar-refractivity contribution in [3.63, 3.8) is 0 Å². The highest BCUT2D eigenvalue weighted by Gasteiger charge is 2.23. The largest absolute Gasteiger partial charge is 0.461 e. The van der Waals surface area contributed by atoms with Gasteiger partial charge in [0, 0.05) is 50.0 Å². The normalized spacial score (nSPS) is 14.4. The Kier molecular flexibility index (Phi) is 5.42. The molecule has 2 aromatic heterocycles. The van der Waals surface area contributed by atoms with E-state index in [0.29, 0.717) is 31.7 Å². The maximum absolute atomic E-state index is 13.1. The van der Waals surface area contributed by atoms with Gasteiger partial charge < -0.3 is 14.2 Å². The number of hydrogen-bond acceptors (Lipinski definition) is 5. The first-order valence-corrected chi connectivity index (χ1v) is 11.2. The van der Waals surface area contributed by atoms with Crippen molar-refractivity contribution in [3.8, 4) is 11.3 Å². The van der Waals surface area contributed by atoms with Gasteiger partial charge in [0.05, 0.1) is 4.70 Å². The molecule has 4 aromatic rings. The number of aryl methyl sites for hydroxylation is 1.